The standard InChI is InChI=1S/C26H39FN2O2/c1-4-26-12-11-24(2,31)15-17(26)5-6-18-19-7-8-21(25(19,3)10-9-20(18)26)22(30)16-29-14-13-28-23(29)27/h13-14,17-21,31H,4-12,15-16H2,1-3H3/t17-,18-,19-,20-,21+,24+,25-,26-/m0/s1. The number of imidazole rings is 1. The summed E-state index contributed by atoms with van der Waals surface area (Å²) in [5, 5.41) is 10.8. The largest absolute Gasteiger partial charge is 0.390 e. The van der Waals surface area contributed by atoms with Crippen LogP contribution in [0.3, 0.4) is 0 Å². The van der Waals surface area contributed by atoms with Crippen LogP contribution in [0.25, 0.3) is 0 Å². The SMILES string of the molecule is CC[C@]12CC[C@@](C)(O)C[C@@H]1CC[C@H]1[C@@H]3CC[C@H](C(=O)Cn4ccnc4F)[C@@]3(C)CC[C@@H]12. The van der Waals surface area contributed by atoms with Crippen molar-refractivity contribution in [1.82, 2.24) is 9.55 Å². The molecule has 4 nitrogen and oxygen atoms in total. The number of halogens is 1. The lowest BCUT2D eigenvalue weighted by atomic mass is 9.42. The number of ketones is 1. The van der Waals surface area contributed by atoms with Gasteiger partial charge in [0, 0.05) is 18.3 Å². The summed E-state index contributed by atoms with van der Waals surface area (Å²) in [5.74, 6) is 2.94. The van der Waals surface area contributed by atoms with Gasteiger partial charge in [0.05, 0.1) is 12.1 Å². The van der Waals surface area contributed by atoms with Gasteiger partial charge < -0.3 is 9.67 Å². The molecule has 1 N–H and O–H groups in total. The number of aromatic nitrogens is 2. The Hall–Kier alpha value is -1.23. The summed E-state index contributed by atoms with van der Waals surface area (Å²) < 4.78 is 15.2. The van der Waals surface area contributed by atoms with Crippen molar-refractivity contribution in [3.05, 3.63) is 18.5 Å². The summed E-state index contributed by atoms with van der Waals surface area (Å²) in [6.45, 7) is 6.89. The van der Waals surface area contributed by atoms with E-state index in [4.69, 9.17) is 0 Å². The average molecular weight is 431 g/mol. The van der Waals surface area contributed by atoms with Crippen LogP contribution in [0.4, 0.5) is 4.39 Å². The van der Waals surface area contributed by atoms with Crippen LogP contribution >= 0.6 is 0 Å². The zero-order chi connectivity index (χ0) is 22.0. The maximum atomic E-state index is 13.8. The van der Waals surface area contributed by atoms with Crippen LogP contribution in [-0.2, 0) is 11.3 Å². The minimum absolute atomic E-state index is 0.0441. The summed E-state index contributed by atoms with van der Waals surface area (Å²) in [6, 6.07) is 0. The Morgan fingerprint density at radius 1 is 1.16 bits per heavy atom. The van der Waals surface area contributed by atoms with Gasteiger partial charge in [0.15, 0.2) is 5.78 Å². The molecule has 0 radical (unpaired) electrons. The normalized spacial score (nSPS) is 46.8. The number of rotatable bonds is 4. The second kappa shape index (κ2) is 7.40. The van der Waals surface area contributed by atoms with E-state index in [1.807, 2.05) is 6.92 Å². The van der Waals surface area contributed by atoms with E-state index < -0.39 is 11.7 Å². The molecule has 4 saturated carbocycles. The van der Waals surface area contributed by atoms with Crippen molar-refractivity contribution in [2.75, 3.05) is 0 Å². The van der Waals surface area contributed by atoms with Crippen LogP contribution in [0.5, 0.6) is 0 Å². The van der Waals surface area contributed by atoms with Crippen LogP contribution in [-0.4, -0.2) is 26.0 Å². The summed E-state index contributed by atoms with van der Waals surface area (Å²) in [7, 11) is 0. The van der Waals surface area contributed by atoms with Crippen LogP contribution in [0, 0.1) is 46.5 Å². The number of fused-ring (bicyclic) bond motifs is 5. The van der Waals surface area contributed by atoms with Gasteiger partial charge in [-0.05, 0) is 106 Å². The van der Waals surface area contributed by atoms with Crippen molar-refractivity contribution in [1.29, 1.82) is 0 Å². The minimum atomic E-state index is -0.562. The lowest BCUT2D eigenvalue weighted by molar-refractivity contribution is -0.158. The van der Waals surface area contributed by atoms with Crippen LogP contribution < -0.4 is 0 Å². The number of carbonyl (C=O) groups excluding carboxylic acids is 1. The third-order valence-electron chi connectivity index (χ3n) is 10.7. The summed E-state index contributed by atoms with van der Waals surface area (Å²) >= 11 is 0. The van der Waals surface area contributed by atoms with E-state index in [9.17, 15) is 14.3 Å². The Kier molecular flexibility index (Phi) is 5.16. The Balaban J connectivity index is 1.37. The maximum absolute atomic E-state index is 13.8. The molecule has 0 amide bonds. The topological polar surface area (TPSA) is 55.1 Å². The fourth-order valence-corrected chi connectivity index (χ4v) is 9.18. The fourth-order valence-electron chi connectivity index (χ4n) is 9.18. The molecule has 0 unspecified atom stereocenters. The second-order valence-corrected chi connectivity index (χ2v) is 11.9. The van der Waals surface area contributed by atoms with Gasteiger partial charge in [0.25, 0.3) is 6.08 Å². The molecular weight excluding hydrogens is 391 g/mol. The molecule has 0 aromatic carbocycles. The van der Waals surface area contributed by atoms with Crippen molar-refractivity contribution < 1.29 is 14.3 Å². The molecule has 4 aliphatic carbocycles. The summed E-state index contributed by atoms with van der Waals surface area (Å²) in [5.41, 5.74) is -0.0570. The quantitative estimate of drug-likeness (QED) is 0.697. The smallest absolute Gasteiger partial charge is 0.289 e. The van der Waals surface area contributed by atoms with Crippen molar-refractivity contribution in [3.63, 3.8) is 0 Å². The Labute approximate surface area is 186 Å². The maximum Gasteiger partial charge on any atom is 0.289 e. The average Bonchev–Trinajstić information content (AvgIpc) is 3.29. The first-order chi connectivity index (χ1) is 14.7. The van der Waals surface area contributed by atoms with Gasteiger partial charge in [-0.2, -0.15) is 4.39 Å². The van der Waals surface area contributed by atoms with E-state index in [-0.39, 0.29) is 23.7 Å². The molecule has 1 heterocycles. The van der Waals surface area contributed by atoms with E-state index in [0.717, 1.165) is 44.4 Å². The monoisotopic (exact) mass is 430 g/mol. The first-order valence-electron chi connectivity index (χ1n) is 12.6. The van der Waals surface area contributed by atoms with Crippen LogP contribution in [0.15, 0.2) is 12.4 Å². The summed E-state index contributed by atoms with van der Waals surface area (Å²) in [4.78, 5) is 16.9. The number of Topliss-reactive ketones (excluding diaryl/α,β-unsaturated/α-hetero) is 1. The molecule has 0 saturated heterocycles. The van der Waals surface area contributed by atoms with E-state index in [0.29, 0.717) is 23.2 Å². The lowest BCUT2D eigenvalue weighted by Crippen LogP contribution is -2.56. The van der Waals surface area contributed by atoms with Gasteiger partial charge in [0.2, 0.25) is 0 Å². The number of nitrogens with zero attached hydrogens (tertiary/aromatic N) is 2. The molecule has 8 atom stereocenters. The highest BCUT2D eigenvalue weighted by atomic mass is 19.1. The third kappa shape index (κ3) is 3.24. The Bertz CT molecular complexity index is 850. The first-order valence-corrected chi connectivity index (χ1v) is 12.6. The van der Waals surface area contributed by atoms with Crippen LogP contribution in [0.1, 0.15) is 85.0 Å². The van der Waals surface area contributed by atoms with E-state index in [1.165, 1.54) is 36.4 Å². The molecular formula is C26H39FN2O2. The summed E-state index contributed by atoms with van der Waals surface area (Å²) in [6.07, 6.45) is 13.6. The molecule has 5 heteroatoms. The third-order valence-corrected chi connectivity index (χ3v) is 10.7. The fraction of sp³-hybridized carbons (Fsp3) is 0.846. The highest BCUT2D eigenvalue weighted by Crippen LogP contribution is 2.69. The van der Waals surface area contributed by atoms with Gasteiger partial charge in [-0.25, -0.2) is 4.98 Å². The predicted octanol–water partition coefficient (Wildman–Crippen LogP) is 5.39. The zero-order valence-corrected chi connectivity index (χ0v) is 19.4. The minimum Gasteiger partial charge on any atom is -0.390 e. The number of hydrogen-bond donors (Lipinski definition) is 1. The number of aliphatic hydroxyl groups is 1. The molecule has 172 valence electrons. The molecule has 0 spiro atoms. The van der Waals surface area contributed by atoms with Crippen molar-refractivity contribution in [2.24, 2.45) is 40.4 Å². The molecule has 31 heavy (non-hydrogen) atoms. The van der Waals surface area contributed by atoms with Gasteiger partial charge in [-0.3, -0.25) is 4.79 Å². The van der Waals surface area contributed by atoms with Crippen molar-refractivity contribution in [3.8, 4) is 0 Å². The zero-order valence-electron chi connectivity index (χ0n) is 19.4. The Morgan fingerprint density at radius 2 is 1.97 bits per heavy atom. The van der Waals surface area contributed by atoms with Crippen molar-refractivity contribution in [2.45, 2.75) is 97.1 Å². The highest BCUT2D eigenvalue weighted by molar-refractivity contribution is 5.82. The number of hydrogen-bond acceptors (Lipinski definition) is 3. The van der Waals surface area contributed by atoms with Crippen LogP contribution in [0.2, 0.25) is 0 Å². The van der Waals surface area contributed by atoms with Crippen molar-refractivity contribution >= 4 is 5.78 Å². The first kappa shape index (κ1) is 21.6. The highest BCUT2D eigenvalue weighted by Gasteiger charge is 2.62. The molecule has 0 bridgehead atoms. The lowest BCUT2D eigenvalue weighted by Gasteiger charge is -2.63. The molecule has 5 rings (SSSR count). The van der Waals surface area contributed by atoms with E-state index in [1.54, 1.807) is 6.20 Å². The van der Waals surface area contributed by atoms with Gasteiger partial charge in [-0.15, -0.1) is 0 Å². The molecule has 0 aliphatic heterocycles. The molecule has 4 fully saturated rings. The van der Waals surface area contributed by atoms with Gasteiger partial charge in [-0.1, -0.05) is 13.8 Å². The van der Waals surface area contributed by atoms with Gasteiger partial charge >= 0.3 is 0 Å². The second-order valence-electron chi connectivity index (χ2n) is 11.9. The van der Waals surface area contributed by atoms with E-state index >= 15 is 0 Å². The number of carbonyl (C=O) groups is 1. The van der Waals surface area contributed by atoms with E-state index in [2.05, 4.69) is 18.8 Å². The van der Waals surface area contributed by atoms with Gasteiger partial charge in [0.1, 0.15) is 0 Å². The predicted molar refractivity (Wildman–Crippen MR) is 118 cm³/mol. The molecule has 1 aromatic rings. The molecule has 1 aromatic heterocycles. The Morgan fingerprint density at radius 3 is 2.68 bits per heavy atom. The molecule has 4 aliphatic rings.